The molecule has 3 rings (SSSR count). The van der Waals surface area contributed by atoms with Crippen LogP contribution in [0.15, 0.2) is 91.0 Å². The molecule has 0 heterocycles. The summed E-state index contributed by atoms with van der Waals surface area (Å²) in [4.78, 5) is 0. The Morgan fingerprint density at radius 3 is 1.10 bits per heavy atom. The van der Waals surface area contributed by atoms with Crippen molar-refractivity contribution in [3.05, 3.63) is 108 Å². The smallest absolute Gasteiger partial charge is 0.161 e. The lowest BCUT2D eigenvalue weighted by Gasteiger charge is -2.44. The molecule has 0 aliphatic heterocycles. The van der Waals surface area contributed by atoms with E-state index < -0.39 is 5.79 Å². The molecule has 0 saturated carbocycles. The fraction of sp³-hybridized carbons (Fsp3) is 0.526. The first-order valence-corrected chi connectivity index (χ1v) is 15.0. The number of benzene rings is 3. The van der Waals surface area contributed by atoms with E-state index in [0.717, 1.165) is 19.3 Å². The van der Waals surface area contributed by atoms with Crippen LogP contribution in [0, 0.1) is 0 Å². The second kappa shape index (κ2) is 18.9. The lowest BCUT2D eigenvalue weighted by molar-refractivity contribution is -0.178. The van der Waals surface area contributed by atoms with Crippen molar-refractivity contribution in [2.75, 3.05) is 28.4 Å². The molecule has 0 amide bonds. The minimum atomic E-state index is -0.417. The Morgan fingerprint density at radius 1 is 0.488 bits per heavy atom. The summed E-state index contributed by atoms with van der Waals surface area (Å²) in [5, 5.41) is 0. The predicted molar refractivity (Wildman–Crippen MR) is 179 cm³/mol. The highest BCUT2D eigenvalue weighted by molar-refractivity contribution is 5.33. The van der Waals surface area contributed by atoms with Crippen LogP contribution in [0.3, 0.4) is 0 Å². The Morgan fingerprint density at radius 2 is 0.805 bits per heavy atom. The van der Waals surface area contributed by atoms with Crippen LogP contribution in [0.25, 0.3) is 0 Å². The number of ether oxygens (including phenoxy) is 3. The summed E-state index contributed by atoms with van der Waals surface area (Å²) in [5.41, 5.74) is 4.61. The fourth-order valence-electron chi connectivity index (χ4n) is 5.29. The van der Waals surface area contributed by atoms with E-state index in [1.807, 2.05) is 27.7 Å². The Labute approximate surface area is 253 Å². The van der Waals surface area contributed by atoms with Gasteiger partial charge in [0, 0.05) is 28.4 Å². The second-order valence-corrected chi connectivity index (χ2v) is 12.0. The molecule has 0 radical (unpaired) electrons. The molecular weight excluding hydrogens is 504 g/mol. The van der Waals surface area contributed by atoms with Gasteiger partial charge in [-0.15, -0.1) is 0 Å². The van der Waals surface area contributed by atoms with Crippen molar-refractivity contribution in [3.63, 3.8) is 0 Å². The third-order valence-electron chi connectivity index (χ3n) is 7.87. The molecule has 0 aliphatic carbocycles. The number of hydrogen-bond donors (Lipinski definition) is 0. The SMILES string of the molecule is CC.CCC(C)(CC(C)(CC(C)(C)c1ccccc1)c1ccccc1)c1ccccc1.COC.COC(C)(C)OC. The largest absolute Gasteiger partial charge is 0.388 e. The van der Waals surface area contributed by atoms with E-state index in [-0.39, 0.29) is 16.2 Å². The Bertz CT molecular complexity index is 1020. The standard InChI is InChI=1S/C29H36.C5H12O2.C2H6O.C2H6/c1-6-28(4,25-18-12-8-13-19-25)23-29(5,26-20-14-9-15-21-26)22-27(2,3)24-16-10-7-11-17-24;1-5(2,6-3)7-4;1-3-2;1-2/h7-21H,6,22-23H2,1-5H3;1-4H3;1-2H3;1-2H3. The van der Waals surface area contributed by atoms with Crippen molar-refractivity contribution in [1.29, 1.82) is 0 Å². The molecule has 41 heavy (non-hydrogen) atoms. The lowest BCUT2D eigenvalue weighted by Crippen LogP contribution is -2.38. The van der Waals surface area contributed by atoms with E-state index >= 15 is 0 Å². The van der Waals surface area contributed by atoms with Gasteiger partial charge in [0.25, 0.3) is 0 Å². The van der Waals surface area contributed by atoms with Crippen LogP contribution in [0.1, 0.15) is 98.3 Å². The maximum atomic E-state index is 4.86. The summed E-state index contributed by atoms with van der Waals surface area (Å²) < 4.78 is 14.0. The van der Waals surface area contributed by atoms with E-state index in [0.29, 0.717) is 0 Å². The molecule has 3 heteroatoms. The molecular formula is C38H60O3. The monoisotopic (exact) mass is 564 g/mol. The minimum Gasteiger partial charge on any atom is -0.388 e. The molecule has 0 aromatic heterocycles. The first-order chi connectivity index (χ1) is 19.3. The maximum Gasteiger partial charge on any atom is 0.161 e. The van der Waals surface area contributed by atoms with E-state index in [2.05, 4.69) is 130 Å². The van der Waals surface area contributed by atoms with Gasteiger partial charge in [0.1, 0.15) is 0 Å². The fourth-order valence-corrected chi connectivity index (χ4v) is 5.29. The first-order valence-electron chi connectivity index (χ1n) is 15.0. The van der Waals surface area contributed by atoms with E-state index in [1.54, 1.807) is 28.4 Å². The molecule has 0 fully saturated rings. The van der Waals surface area contributed by atoms with Crippen LogP contribution >= 0.6 is 0 Å². The summed E-state index contributed by atoms with van der Waals surface area (Å²) >= 11 is 0. The highest BCUT2D eigenvalue weighted by Crippen LogP contribution is 2.47. The quantitative estimate of drug-likeness (QED) is 0.229. The summed E-state index contributed by atoms with van der Waals surface area (Å²) in [5.74, 6) is -0.417. The van der Waals surface area contributed by atoms with Gasteiger partial charge in [0.15, 0.2) is 5.79 Å². The molecule has 0 N–H and O–H groups in total. The molecule has 0 saturated heterocycles. The zero-order valence-corrected chi connectivity index (χ0v) is 28.5. The molecule has 3 aromatic rings. The molecule has 3 aromatic carbocycles. The Hall–Kier alpha value is -2.46. The number of rotatable bonds is 10. The third kappa shape index (κ3) is 12.9. The van der Waals surface area contributed by atoms with Gasteiger partial charge in [0.05, 0.1) is 0 Å². The van der Waals surface area contributed by atoms with Crippen LogP contribution in [0.2, 0.25) is 0 Å². The first kappa shape index (κ1) is 38.5. The molecule has 230 valence electrons. The van der Waals surface area contributed by atoms with Gasteiger partial charge in [-0.3, -0.25) is 0 Å². The summed E-state index contributed by atoms with van der Waals surface area (Å²) in [6.07, 6.45) is 3.36. The molecule has 2 atom stereocenters. The molecule has 0 spiro atoms. The van der Waals surface area contributed by atoms with E-state index in [4.69, 9.17) is 9.47 Å². The summed E-state index contributed by atoms with van der Waals surface area (Å²) in [7, 11) is 6.48. The van der Waals surface area contributed by atoms with Crippen molar-refractivity contribution in [2.24, 2.45) is 0 Å². The Kier molecular flexibility index (Phi) is 17.7. The van der Waals surface area contributed by atoms with Gasteiger partial charge in [0.2, 0.25) is 0 Å². The number of hydrogen-bond acceptors (Lipinski definition) is 3. The van der Waals surface area contributed by atoms with Crippen LogP contribution in [-0.2, 0) is 30.5 Å². The van der Waals surface area contributed by atoms with Crippen molar-refractivity contribution in [1.82, 2.24) is 0 Å². The van der Waals surface area contributed by atoms with Crippen LogP contribution in [0.5, 0.6) is 0 Å². The van der Waals surface area contributed by atoms with Gasteiger partial charge < -0.3 is 14.2 Å². The van der Waals surface area contributed by atoms with Gasteiger partial charge in [-0.1, -0.05) is 139 Å². The van der Waals surface area contributed by atoms with Crippen molar-refractivity contribution >= 4 is 0 Å². The maximum absolute atomic E-state index is 4.86. The van der Waals surface area contributed by atoms with Gasteiger partial charge in [-0.2, -0.15) is 0 Å². The van der Waals surface area contributed by atoms with Crippen LogP contribution < -0.4 is 0 Å². The second-order valence-electron chi connectivity index (χ2n) is 12.0. The molecule has 2 unspecified atom stereocenters. The Balaban J connectivity index is 0.00000114. The van der Waals surface area contributed by atoms with Gasteiger partial charge in [-0.25, -0.2) is 0 Å². The lowest BCUT2D eigenvalue weighted by atomic mass is 9.60. The zero-order chi connectivity index (χ0) is 31.6. The minimum absolute atomic E-state index is 0.0706. The molecule has 0 aliphatic rings. The van der Waals surface area contributed by atoms with Crippen molar-refractivity contribution in [3.8, 4) is 0 Å². The van der Waals surface area contributed by atoms with Crippen LogP contribution in [-0.4, -0.2) is 34.2 Å². The van der Waals surface area contributed by atoms with Crippen LogP contribution in [0.4, 0.5) is 0 Å². The van der Waals surface area contributed by atoms with Gasteiger partial charge >= 0.3 is 0 Å². The number of methoxy groups -OCH3 is 3. The topological polar surface area (TPSA) is 27.7 Å². The third-order valence-corrected chi connectivity index (χ3v) is 7.87. The normalized spacial score (nSPS) is 14.0. The van der Waals surface area contributed by atoms with Gasteiger partial charge in [-0.05, 0) is 66.0 Å². The van der Waals surface area contributed by atoms with Crippen molar-refractivity contribution in [2.45, 2.75) is 104 Å². The van der Waals surface area contributed by atoms with E-state index in [9.17, 15) is 0 Å². The average Bonchev–Trinajstić information content (AvgIpc) is 3.00. The zero-order valence-electron chi connectivity index (χ0n) is 28.5. The highest BCUT2D eigenvalue weighted by atomic mass is 16.7. The molecule has 3 nitrogen and oxygen atoms in total. The predicted octanol–water partition coefficient (Wildman–Crippen LogP) is 10.4. The highest BCUT2D eigenvalue weighted by Gasteiger charge is 2.40. The van der Waals surface area contributed by atoms with Crippen molar-refractivity contribution < 1.29 is 14.2 Å². The summed E-state index contributed by atoms with van der Waals surface area (Å²) in [6, 6.07) is 33.2. The average molecular weight is 565 g/mol. The summed E-state index contributed by atoms with van der Waals surface area (Å²) in [6.45, 7) is 19.8. The van der Waals surface area contributed by atoms with E-state index in [1.165, 1.54) is 16.7 Å². The molecule has 0 bridgehead atoms.